The first kappa shape index (κ1) is 21.0. The van der Waals surface area contributed by atoms with Crippen LogP contribution in [-0.4, -0.2) is 33.4 Å². The minimum absolute atomic E-state index is 0.180. The Morgan fingerprint density at radius 1 is 1.14 bits per heavy atom. The van der Waals surface area contributed by atoms with Crippen molar-refractivity contribution in [3.05, 3.63) is 74.3 Å². The molecule has 0 spiro atoms. The molecule has 0 fully saturated rings. The lowest BCUT2D eigenvalue weighted by Crippen LogP contribution is -2.26. The van der Waals surface area contributed by atoms with Crippen molar-refractivity contribution in [2.75, 3.05) is 13.1 Å². The summed E-state index contributed by atoms with van der Waals surface area (Å²) in [6, 6.07) is 13.1. The zero-order chi connectivity index (χ0) is 21.0. The van der Waals surface area contributed by atoms with E-state index in [-0.39, 0.29) is 11.5 Å². The van der Waals surface area contributed by atoms with Gasteiger partial charge in [-0.1, -0.05) is 38.1 Å². The van der Waals surface area contributed by atoms with Gasteiger partial charge >= 0.3 is 0 Å². The normalized spacial score (nSPS) is 11.2. The van der Waals surface area contributed by atoms with Crippen molar-refractivity contribution >= 4 is 29.0 Å². The minimum Gasteiger partial charge on any atom is -0.348 e. The summed E-state index contributed by atoms with van der Waals surface area (Å²) < 4.78 is 1.70. The fraction of sp³-hybridized carbons (Fsp3) is 0.318. The zero-order valence-corrected chi connectivity index (χ0v) is 17.8. The molecule has 0 unspecified atom stereocenters. The SMILES string of the molecule is CCN(CC)Cc1ccccc1CNC(=O)c1ccc2c(=O)n(C)c(=S)[nH]c2c1. The number of carbonyl (C=O) groups is 1. The second-order valence-electron chi connectivity index (χ2n) is 6.97. The summed E-state index contributed by atoms with van der Waals surface area (Å²) >= 11 is 5.16. The van der Waals surface area contributed by atoms with Gasteiger partial charge in [-0.2, -0.15) is 0 Å². The fourth-order valence-electron chi connectivity index (χ4n) is 3.30. The van der Waals surface area contributed by atoms with Crippen LogP contribution in [0.2, 0.25) is 0 Å². The molecular formula is C22H26N4O2S. The van der Waals surface area contributed by atoms with E-state index in [9.17, 15) is 9.59 Å². The molecule has 7 heteroatoms. The van der Waals surface area contributed by atoms with Crippen LogP contribution in [0.15, 0.2) is 47.3 Å². The first-order valence-corrected chi connectivity index (χ1v) is 10.2. The number of aromatic amines is 1. The largest absolute Gasteiger partial charge is 0.348 e. The van der Waals surface area contributed by atoms with Gasteiger partial charge < -0.3 is 10.3 Å². The Bertz CT molecular complexity index is 1150. The van der Waals surface area contributed by atoms with Crippen molar-refractivity contribution in [1.29, 1.82) is 0 Å². The van der Waals surface area contributed by atoms with Crippen LogP contribution >= 0.6 is 12.2 Å². The molecule has 0 bridgehead atoms. The smallest absolute Gasteiger partial charge is 0.261 e. The van der Waals surface area contributed by atoms with Gasteiger partial charge in [0.05, 0.1) is 10.9 Å². The standard InChI is InChI=1S/C22H26N4O2S/c1-4-26(5-2)14-17-9-7-6-8-16(17)13-23-20(27)15-10-11-18-19(12-15)24-22(29)25(3)21(18)28/h6-12H,4-5,13-14H2,1-3H3,(H,23,27)(H,24,29). The molecule has 0 atom stereocenters. The van der Waals surface area contributed by atoms with Crippen molar-refractivity contribution in [2.24, 2.45) is 7.05 Å². The Labute approximate surface area is 175 Å². The highest BCUT2D eigenvalue weighted by Gasteiger charge is 2.11. The molecule has 6 nitrogen and oxygen atoms in total. The highest BCUT2D eigenvalue weighted by Crippen LogP contribution is 2.14. The maximum atomic E-state index is 12.7. The van der Waals surface area contributed by atoms with Gasteiger partial charge in [-0.15, -0.1) is 0 Å². The molecule has 2 N–H and O–H groups in total. The Hall–Kier alpha value is -2.77. The lowest BCUT2D eigenvalue weighted by atomic mass is 10.1. The average Bonchev–Trinajstić information content (AvgIpc) is 2.74. The highest BCUT2D eigenvalue weighted by molar-refractivity contribution is 7.71. The van der Waals surface area contributed by atoms with Gasteiger partial charge in [-0.25, -0.2) is 0 Å². The topological polar surface area (TPSA) is 70.1 Å². The molecule has 0 aliphatic carbocycles. The van der Waals surface area contributed by atoms with E-state index in [1.165, 1.54) is 10.1 Å². The third-order valence-corrected chi connectivity index (χ3v) is 5.59. The van der Waals surface area contributed by atoms with Crippen molar-refractivity contribution in [3.63, 3.8) is 0 Å². The summed E-state index contributed by atoms with van der Waals surface area (Å²) in [5.74, 6) is -0.190. The number of nitrogens with one attached hydrogen (secondary N) is 2. The van der Waals surface area contributed by atoms with Crippen molar-refractivity contribution < 1.29 is 4.79 Å². The molecule has 1 heterocycles. The van der Waals surface area contributed by atoms with Crippen LogP contribution in [0.4, 0.5) is 0 Å². The number of H-pyrrole nitrogens is 1. The van der Waals surface area contributed by atoms with E-state index >= 15 is 0 Å². The number of benzene rings is 2. The van der Waals surface area contributed by atoms with Crippen LogP contribution in [-0.2, 0) is 20.1 Å². The number of hydrogen-bond donors (Lipinski definition) is 2. The van der Waals surface area contributed by atoms with Crippen LogP contribution < -0.4 is 10.9 Å². The first-order valence-electron chi connectivity index (χ1n) is 9.75. The van der Waals surface area contributed by atoms with Crippen LogP contribution in [0.3, 0.4) is 0 Å². The van der Waals surface area contributed by atoms with E-state index in [4.69, 9.17) is 12.2 Å². The van der Waals surface area contributed by atoms with Gasteiger partial charge in [0.2, 0.25) is 0 Å². The summed E-state index contributed by atoms with van der Waals surface area (Å²) in [6.45, 7) is 7.55. The Balaban J connectivity index is 1.79. The third-order valence-electron chi connectivity index (χ3n) is 5.21. The highest BCUT2D eigenvalue weighted by atomic mass is 32.1. The van der Waals surface area contributed by atoms with Crippen LogP contribution in [0.5, 0.6) is 0 Å². The van der Waals surface area contributed by atoms with Gasteiger partial charge in [0, 0.05) is 25.7 Å². The van der Waals surface area contributed by atoms with Crippen molar-refractivity contribution in [2.45, 2.75) is 26.9 Å². The Morgan fingerprint density at radius 2 is 1.83 bits per heavy atom. The maximum absolute atomic E-state index is 12.7. The number of amides is 1. The van der Waals surface area contributed by atoms with E-state index in [1.54, 1.807) is 25.2 Å². The van der Waals surface area contributed by atoms with Crippen LogP contribution in [0.1, 0.15) is 35.3 Å². The monoisotopic (exact) mass is 410 g/mol. The molecule has 1 amide bonds. The number of rotatable bonds is 7. The van der Waals surface area contributed by atoms with Gasteiger partial charge in [0.15, 0.2) is 4.77 Å². The minimum atomic E-state index is -0.190. The molecule has 0 saturated carbocycles. The predicted octanol–water partition coefficient (Wildman–Crippen LogP) is 3.37. The number of carbonyl (C=O) groups excluding carboxylic acids is 1. The molecule has 0 saturated heterocycles. The number of fused-ring (bicyclic) bond motifs is 1. The summed E-state index contributed by atoms with van der Waals surface area (Å²) in [4.78, 5) is 30.3. The molecule has 29 heavy (non-hydrogen) atoms. The average molecular weight is 411 g/mol. The molecule has 0 aliphatic rings. The van der Waals surface area contributed by atoms with Crippen LogP contribution in [0.25, 0.3) is 10.9 Å². The summed E-state index contributed by atoms with van der Waals surface area (Å²) in [5, 5.41) is 3.49. The van der Waals surface area contributed by atoms with E-state index in [0.717, 1.165) is 25.2 Å². The third kappa shape index (κ3) is 4.63. The molecular weight excluding hydrogens is 384 g/mol. The summed E-state index contributed by atoms with van der Waals surface area (Å²) in [7, 11) is 1.62. The lowest BCUT2D eigenvalue weighted by Gasteiger charge is -2.20. The summed E-state index contributed by atoms with van der Waals surface area (Å²) in [5.41, 5.74) is 3.18. The van der Waals surface area contributed by atoms with Gasteiger partial charge in [0.25, 0.3) is 11.5 Å². The molecule has 0 aliphatic heterocycles. The zero-order valence-electron chi connectivity index (χ0n) is 17.0. The molecule has 3 rings (SSSR count). The summed E-state index contributed by atoms with van der Waals surface area (Å²) in [6.07, 6.45) is 0. The second-order valence-corrected chi connectivity index (χ2v) is 7.35. The Morgan fingerprint density at radius 3 is 2.52 bits per heavy atom. The van der Waals surface area contributed by atoms with Gasteiger partial charge in [-0.05, 0) is 54.6 Å². The number of aromatic nitrogens is 2. The van der Waals surface area contributed by atoms with Crippen molar-refractivity contribution in [1.82, 2.24) is 19.8 Å². The number of hydrogen-bond acceptors (Lipinski definition) is 4. The molecule has 3 aromatic rings. The van der Waals surface area contributed by atoms with Gasteiger partial charge in [-0.3, -0.25) is 19.1 Å². The quantitative estimate of drug-likeness (QED) is 0.586. The van der Waals surface area contributed by atoms with Crippen LogP contribution in [0, 0.1) is 4.77 Å². The molecule has 1 aromatic heterocycles. The van der Waals surface area contributed by atoms with Crippen molar-refractivity contribution in [3.8, 4) is 0 Å². The fourth-order valence-corrected chi connectivity index (χ4v) is 3.49. The van der Waals surface area contributed by atoms with E-state index < -0.39 is 0 Å². The molecule has 2 aromatic carbocycles. The first-order chi connectivity index (χ1) is 13.9. The molecule has 0 radical (unpaired) electrons. The molecule has 152 valence electrons. The lowest BCUT2D eigenvalue weighted by molar-refractivity contribution is 0.0951. The Kier molecular flexibility index (Phi) is 6.61. The van der Waals surface area contributed by atoms with E-state index in [0.29, 0.717) is 27.8 Å². The maximum Gasteiger partial charge on any atom is 0.261 e. The van der Waals surface area contributed by atoms with E-state index in [1.807, 2.05) is 18.2 Å². The number of nitrogens with zero attached hydrogens (tertiary/aromatic N) is 2. The van der Waals surface area contributed by atoms with E-state index in [2.05, 4.69) is 35.1 Å². The second kappa shape index (κ2) is 9.15. The van der Waals surface area contributed by atoms with Gasteiger partial charge in [0.1, 0.15) is 0 Å². The predicted molar refractivity (Wildman–Crippen MR) is 119 cm³/mol.